The highest BCUT2D eigenvalue weighted by atomic mass is 16.5. The second kappa shape index (κ2) is 4.66. The Morgan fingerprint density at radius 2 is 1.94 bits per heavy atom. The zero-order valence-corrected chi connectivity index (χ0v) is 9.69. The SMILES string of the molecule is CC(C)c1ccc(C(=O)NC2COC2)cc1. The van der Waals surface area contributed by atoms with E-state index in [1.807, 2.05) is 24.3 Å². The van der Waals surface area contributed by atoms with Crippen LogP contribution >= 0.6 is 0 Å². The minimum absolute atomic E-state index is 0.0105. The highest BCUT2D eigenvalue weighted by Crippen LogP contribution is 2.14. The minimum Gasteiger partial charge on any atom is -0.377 e. The standard InChI is InChI=1S/C13H17NO2/c1-9(2)10-3-5-11(6-4-10)13(15)14-12-7-16-8-12/h3-6,9,12H,7-8H2,1-2H3,(H,14,15). The van der Waals surface area contributed by atoms with Crippen molar-refractivity contribution in [2.24, 2.45) is 0 Å². The molecule has 1 aromatic carbocycles. The predicted molar refractivity (Wildman–Crippen MR) is 62.6 cm³/mol. The molecule has 3 heteroatoms. The van der Waals surface area contributed by atoms with Crippen LogP contribution in [-0.2, 0) is 4.74 Å². The van der Waals surface area contributed by atoms with Crippen LogP contribution in [0.4, 0.5) is 0 Å². The van der Waals surface area contributed by atoms with Crippen molar-refractivity contribution in [2.45, 2.75) is 25.8 Å². The van der Waals surface area contributed by atoms with Crippen molar-refractivity contribution in [3.63, 3.8) is 0 Å². The molecule has 0 aromatic heterocycles. The Kier molecular flexibility index (Phi) is 3.25. The smallest absolute Gasteiger partial charge is 0.251 e. The summed E-state index contributed by atoms with van der Waals surface area (Å²) in [6, 6.07) is 7.97. The fourth-order valence-electron chi connectivity index (χ4n) is 1.61. The number of ether oxygens (including phenoxy) is 1. The number of hydrogen-bond acceptors (Lipinski definition) is 2. The van der Waals surface area contributed by atoms with Crippen molar-refractivity contribution >= 4 is 5.91 Å². The number of nitrogens with one attached hydrogen (secondary N) is 1. The quantitative estimate of drug-likeness (QED) is 0.843. The van der Waals surface area contributed by atoms with E-state index in [0.717, 1.165) is 5.56 Å². The molecule has 1 aliphatic rings. The zero-order valence-electron chi connectivity index (χ0n) is 9.69. The van der Waals surface area contributed by atoms with Crippen molar-refractivity contribution in [1.82, 2.24) is 5.32 Å². The Balaban J connectivity index is 2.00. The van der Waals surface area contributed by atoms with E-state index in [-0.39, 0.29) is 11.9 Å². The predicted octanol–water partition coefficient (Wildman–Crippen LogP) is 1.94. The van der Waals surface area contributed by atoms with Gasteiger partial charge in [-0.05, 0) is 23.6 Å². The van der Waals surface area contributed by atoms with E-state index < -0.39 is 0 Å². The van der Waals surface area contributed by atoms with Gasteiger partial charge in [0, 0.05) is 5.56 Å². The first-order chi connectivity index (χ1) is 7.66. The fourth-order valence-corrected chi connectivity index (χ4v) is 1.61. The van der Waals surface area contributed by atoms with E-state index in [2.05, 4.69) is 19.2 Å². The Morgan fingerprint density at radius 3 is 2.38 bits per heavy atom. The molecular weight excluding hydrogens is 202 g/mol. The highest BCUT2D eigenvalue weighted by Gasteiger charge is 2.20. The van der Waals surface area contributed by atoms with Crippen LogP contribution in [0.5, 0.6) is 0 Å². The first kappa shape index (κ1) is 11.1. The molecular formula is C13H17NO2. The number of carbonyl (C=O) groups is 1. The second-order valence-electron chi connectivity index (χ2n) is 4.48. The first-order valence-corrected chi connectivity index (χ1v) is 5.65. The summed E-state index contributed by atoms with van der Waals surface area (Å²) < 4.78 is 5.01. The van der Waals surface area contributed by atoms with Gasteiger partial charge in [-0.15, -0.1) is 0 Å². The maximum Gasteiger partial charge on any atom is 0.251 e. The minimum atomic E-state index is -0.0105. The lowest BCUT2D eigenvalue weighted by molar-refractivity contribution is -0.00346. The number of amides is 1. The normalized spacial score (nSPS) is 15.9. The van der Waals surface area contributed by atoms with Gasteiger partial charge >= 0.3 is 0 Å². The second-order valence-corrected chi connectivity index (χ2v) is 4.48. The van der Waals surface area contributed by atoms with Gasteiger partial charge < -0.3 is 10.1 Å². The van der Waals surface area contributed by atoms with Crippen molar-refractivity contribution in [2.75, 3.05) is 13.2 Å². The Hall–Kier alpha value is -1.35. The van der Waals surface area contributed by atoms with Crippen molar-refractivity contribution in [3.05, 3.63) is 35.4 Å². The van der Waals surface area contributed by atoms with Gasteiger partial charge in [-0.1, -0.05) is 26.0 Å². The van der Waals surface area contributed by atoms with Gasteiger partial charge in [-0.25, -0.2) is 0 Å². The topological polar surface area (TPSA) is 38.3 Å². The average molecular weight is 219 g/mol. The molecule has 0 spiro atoms. The van der Waals surface area contributed by atoms with Crippen LogP contribution in [0.25, 0.3) is 0 Å². The summed E-state index contributed by atoms with van der Waals surface area (Å²) in [4.78, 5) is 11.8. The first-order valence-electron chi connectivity index (χ1n) is 5.65. The van der Waals surface area contributed by atoms with Crippen LogP contribution in [0, 0.1) is 0 Å². The Morgan fingerprint density at radius 1 is 1.31 bits per heavy atom. The summed E-state index contributed by atoms with van der Waals surface area (Å²) >= 11 is 0. The lowest BCUT2D eigenvalue weighted by Crippen LogP contribution is -2.48. The molecule has 0 saturated carbocycles. The van der Waals surface area contributed by atoms with Crippen LogP contribution in [0.2, 0.25) is 0 Å². The van der Waals surface area contributed by atoms with Gasteiger partial charge in [0.05, 0.1) is 19.3 Å². The van der Waals surface area contributed by atoms with Gasteiger partial charge in [-0.2, -0.15) is 0 Å². The maximum atomic E-state index is 11.8. The fraction of sp³-hybridized carbons (Fsp3) is 0.462. The Bertz CT molecular complexity index is 366. The average Bonchev–Trinajstić information content (AvgIpc) is 2.23. The summed E-state index contributed by atoms with van der Waals surface area (Å²) in [5.41, 5.74) is 1.97. The third-order valence-electron chi connectivity index (χ3n) is 2.81. The maximum absolute atomic E-state index is 11.8. The van der Waals surface area contributed by atoms with Gasteiger partial charge in [0.2, 0.25) is 0 Å². The number of carbonyl (C=O) groups excluding carboxylic acids is 1. The number of benzene rings is 1. The lowest BCUT2D eigenvalue weighted by Gasteiger charge is -2.26. The summed E-state index contributed by atoms with van der Waals surface area (Å²) in [5, 5.41) is 2.92. The molecule has 16 heavy (non-hydrogen) atoms. The van der Waals surface area contributed by atoms with Gasteiger partial charge in [-0.3, -0.25) is 4.79 Å². The molecule has 0 radical (unpaired) electrons. The molecule has 3 nitrogen and oxygen atoms in total. The molecule has 1 N–H and O–H groups in total. The van der Waals surface area contributed by atoms with Crippen LogP contribution < -0.4 is 5.32 Å². The molecule has 0 atom stereocenters. The molecule has 1 fully saturated rings. The van der Waals surface area contributed by atoms with Crippen molar-refractivity contribution < 1.29 is 9.53 Å². The highest BCUT2D eigenvalue weighted by molar-refractivity contribution is 5.94. The Labute approximate surface area is 95.8 Å². The van der Waals surface area contributed by atoms with Crippen LogP contribution in [0.1, 0.15) is 35.7 Å². The lowest BCUT2D eigenvalue weighted by atomic mass is 10.0. The molecule has 0 unspecified atom stereocenters. The van der Waals surface area contributed by atoms with E-state index >= 15 is 0 Å². The molecule has 2 rings (SSSR count). The third-order valence-corrected chi connectivity index (χ3v) is 2.81. The van der Waals surface area contributed by atoms with Crippen molar-refractivity contribution in [1.29, 1.82) is 0 Å². The van der Waals surface area contributed by atoms with E-state index in [4.69, 9.17) is 4.74 Å². The summed E-state index contributed by atoms with van der Waals surface area (Å²) in [6.07, 6.45) is 0. The molecule has 86 valence electrons. The monoisotopic (exact) mass is 219 g/mol. The van der Waals surface area contributed by atoms with Gasteiger partial charge in [0.15, 0.2) is 0 Å². The molecule has 1 saturated heterocycles. The summed E-state index contributed by atoms with van der Waals surface area (Å²) in [7, 11) is 0. The van der Waals surface area contributed by atoms with Gasteiger partial charge in [0.25, 0.3) is 5.91 Å². The molecule has 0 aliphatic carbocycles. The summed E-state index contributed by atoms with van der Waals surface area (Å²) in [5.74, 6) is 0.487. The van der Waals surface area contributed by atoms with E-state index in [1.54, 1.807) is 0 Å². The third kappa shape index (κ3) is 2.42. The van der Waals surface area contributed by atoms with Crippen LogP contribution in [-0.4, -0.2) is 25.2 Å². The van der Waals surface area contributed by atoms with Crippen LogP contribution in [0.15, 0.2) is 24.3 Å². The van der Waals surface area contributed by atoms with Gasteiger partial charge in [0.1, 0.15) is 0 Å². The zero-order chi connectivity index (χ0) is 11.5. The summed E-state index contributed by atoms with van der Waals surface area (Å²) in [6.45, 7) is 5.55. The van der Waals surface area contributed by atoms with Crippen LogP contribution in [0.3, 0.4) is 0 Å². The molecule has 1 aliphatic heterocycles. The molecule has 1 heterocycles. The molecule has 1 aromatic rings. The van der Waals surface area contributed by atoms with E-state index in [1.165, 1.54) is 5.56 Å². The van der Waals surface area contributed by atoms with E-state index in [0.29, 0.717) is 19.1 Å². The number of hydrogen-bond donors (Lipinski definition) is 1. The largest absolute Gasteiger partial charge is 0.377 e. The molecule has 1 amide bonds. The molecule has 0 bridgehead atoms. The number of rotatable bonds is 3. The van der Waals surface area contributed by atoms with E-state index in [9.17, 15) is 4.79 Å². The van der Waals surface area contributed by atoms with Crippen molar-refractivity contribution in [3.8, 4) is 0 Å².